The van der Waals surface area contributed by atoms with Gasteiger partial charge in [-0.2, -0.15) is 13.2 Å². The summed E-state index contributed by atoms with van der Waals surface area (Å²) < 4.78 is 38.8. The van der Waals surface area contributed by atoms with Crippen LogP contribution in [0.2, 0.25) is 0 Å². The van der Waals surface area contributed by atoms with E-state index in [1.54, 1.807) is 0 Å². The average molecular weight is 301 g/mol. The molecule has 4 nitrogen and oxygen atoms in total. The van der Waals surface area contributed by atoms with Crippen LogP contribution in [-0.4, -0.2) is 11.9 Å². The molecule has 21 heavy (non-hydrogen) atoms. The van der Waals surface area contributed by atoms with E-state index in [2.05, 4.69) is 5.32 Å². The molecule has 0 bridgehead atoms. The number of benzene rings is 1. The van der Waals surface area contributed by atoms with Crippen molar-refractivity contribution in [2.24, 2.45) is 11.8 Å². The third kappa shape index (κ3) is 3.29. The Kier molecular flexibility index (Phi) is 4.41. The summed E-state index contributed by atoms with van der Waals surface area (Å²) in [6.45, 7) is 2.02. The number of rotatable bonds is 3. The maximum Gasteiger partial charge on any atom is 0.418 e. The zero-order valence-corrected chi connectivity index (χ0v) is 11.6. The third-order valence-corrected chi connectivity index (χ3v) is 3.94. The summed E-state index contributed by atoms with van der Waals surface area (Å²) in [5.41, 5.74) is 0.573. The molecule has 0 aliphatic heterocycles. The summed E-state index contributed by atoms with van der Waals surface area (Å²) in [6, 6.07) is 3.43. The van der Waals surface area contributed by atoms with Crippen molar-refractivity contribution < 1.29 is 18.0 Å². The van der Waals surface area contributed by atoms with Gasteiger partial charge < -0.3 is 10.7 Å². The van der Waals surface area contributed by atoms with Gasteiger partial charge in [0.1, 0.15) is 0 Å². The van der Waals surface area contributed by atoms with Gasteiger partial charge in [0, 0.05) is 6.04 Å². The van der Waals surface area contributed by atoms with Gasteiger partial charge >= 0.3 is 6.18 Å². The fourth-order valence-corrected chi connectivity index (χ4v) is 2.74. The lowest BCUT2D eigenvalue weighted by Gasteiger charge is -2.20. The van der Waals surface area contributed by atoms with E-state index in [0.717, 1.165) is 25.3 Å². The molecule has 2 atom stereocenters. The maximum absolute atomic E-state index is 12.9. The van der Waals surface area contributed by atoms with Gasteiger partial charge in [-0.25, -0.2) is 0 Å². The van der Waals surface area contributed by atoms with Crippen LogP contribution in [0.5, 0.6) is 0 Å². The number of alkyl halides is 3. The van der Waals surface area contributed by atoms with E-state index in [0.29, 0.717) is 5.92 Å². The van der Waals surface area contributed by atoms with Crippen molar-refractivity contribution >= 4 is 11.6 Å². The molecule has 0 saturated heterocycles. The van der Waals surface area contributed by atoms with Crippen molar-refractivity contribution in [2.45, 2.75) is 38.4 Å². The minimum Gasteiger partial charge on any atom is -0.349 e. The highest BCUT2D eigenvalue weighted by atomic mass is 19.4. The van der Waals surface area contributed by atoms with E-state index in [9.17, 15) is 18.0 Å². The SMILES string of the molecule is CC1CCCC1NC(=O)c1cccc(C(F)(F)F)c1NN. The zero-order chi connectivity index (χ0) is 15.6. The Hall–Kier alpha value is -1.76. The average Bonchev–Trinajstić information content (AvgIpc) is 2.82. The molecule has 4 N–H and O–H groups in total. The number of hydrogen-bond donors (Lipinski definition) is 3. The number of nitrogens with two attached hydrogens (primary N) is 1. The lowest BCUT2D eigenvalue weighted by atomic mass is 10.0. The second-order valence-electron chi connectivity index (χ2n) is 5.36. The molecule has 116 valence electrons. The van der Waals surface area contributed by atoms with E-state index in [4.69, 9.17) is 5.84 Å². The van der Waals surface area contributed by atoms with Gasteiger partial charge in [-0.15, -0.1) is 0 Å². The van der Waals surface area contributed by atoms with E-state index in [1.807, 2.05) is 12.3 Å². The fraction of sp³-hybridized carbons (Fsp3) is 0.500. The number of para-hydroxylation sites is 1. The van der Waals surface area contributed by atoms with Gasteiger partial charge in [-0.05, 0) is 30.9 Å². The van der Waals surface area contributed by atoms with Crippen molar-refractivity contribution in [3.63, 3.8) is 0 Å². The summed E-state index contributed by atoms with van der Waals surface area (Å²) in [7, 11) is 0. The first-order valence-corrected chi connectivity index (χ1v) is 6.82. The monoisotopic (exact) mass is 301 g/mol. The van der Waals surface area contributed by atoms with Gasteiger partial charge in [-0.1, -0.05) is 19.4 Å². The molecule has 1 aromatic rings. The third-order valence-electron chi connectivity index (χ3n) is 3.94. The Bertz CT molecular complexity index is 531. The van der Waals surface area contributed by atoms with Gasteiger partial charge in [0.15, 0.2) is 0 Å². The van der Waals surface area contributed by atoms with E-state index < -0.39 is 23.3 Å². The first kappa shape index (κ1) is 15.6. The van der Waals surface area contributed by atoms with Crippen molar-refractivity contribution in [2.75, 3.05) is 5.43 Å². The second kappa shape index (κ2) is 5.93. The lowest BCUT2D eigenvalue weighted by Crippen LogP contribution is -2.37. The Labute approximate surface area is 120 Å². The minimum absolute atomic E-state index is 0.00216. The molecular weight excluding hydrogens is 283 g/mol. The summed E-state index contributed by atoms with van der Waals surface area (Å²) in [6.07, 6.45) is -1.71. The molecule has 1 saturated carbocycles. The van der Waals surface area contributed by atoms with E-state index in [1.165, 1.54) is 12.1 Å². The van der Waals surface area contributed by atoms with Crippen LogP contribution in [0, 0.1) is 5.92 Å². The quantitative estimate of drug-likeness (QED) is 0.594. The van der Waals surface area contributed by atoms with Crippen molar-refractivity contribution in [1.82, 2.24) is 5.32 Å². The Morgan fingerprint density at radius 1 is 1.33 bits per heavy atom. The molecule has 0 spiro atoms. The number of carbonyl (C=O) groups is 1. The highest BCUT2D eigenvalue weighted by Crippen LogP contribution is 2.36. The number of nitrogen functional groups attached to an aromatic ring is 1. The first-order chi connectivity index (χ1) is 9.84. The summed E-state index contributed by atoms with van der Waals surface area (Å²) in [4.78, 5) is 12.2. The van der Waals surface area contributed by atoms with Gasteiger partial charge in [-0.3, -0.25) is 10.6 Å². The molecule has 0 heterocycles. The Morgan fingerprint density at radius 3 is 2.57 bits per heavy atom. The molecule has 1 aliphatic rings. The van der Waals surface area contributed by atoms with Gasteiger partial charge in [0.25, 0.3) is 5.91 Å². The van der Waals surface area contributed by atoms with Crippen LogP contribution in [0.4, 0.5) is 18.9 Å². The smallest absolute Gasteiger partial charge is 0.349 e. The van der Waals surface area contributed by atoms with Crippen LogP contribution in [-0.2, 0) is 6.18 Å². The first-order valence-electron chi connectivity index (χ1n) is 6.82. The maximum atomic E-state index is 12.9. The summed E-state index contributed by atoms with van der Waals surface area (Å²) in [5.74, 6) is 4.98. The molecule has 1 fully saturated rings. The predicted molar refractivity (Wildman–Crippen MR) is 73.5 cm³/mol. The largest absolute Gasteiger partial charge is 0.418 e. The second-order valence-corrected chi connectivity index (χ2v) is 5.36. The van der Waals surface area contributed by atoms with Gasteiger partial charge in [0.2, 0.25) is 0 Å². The normalized spacial score (nSPS) is 22.1. The van der Waals surface area contributed by atoms with Crippen molar-refractivity contribution in [3.8, 4) is 0 Å². The Morgan fingerprint density at radius 2 is 2.05 bits per heavy atom. The number of nitrogens with one attached hydrogen (secondary N) is 2. The van der Waals surface area contributed by atoms with Crippen LogP contribution in [0.25, 0.3) is 0 Å². The van der Waals surface area contributed by atoms with E-state index in [-0.39, 0.29) is 11.6 Å². The number of anilines is 1. The van der Waals surface area contributed by atoms with Crippen LogP contribution in [0.3, 0.4) is 0 Å². The highest BCUT2D eigenvalue weighted by Gasteiger charge is 2.35. The zero-order valence-electron chi connectivity index (χ0n) is 11.6. The van der Waals surface area contributed by atoms with E-state index >= 15 is 0 Å². The minimum atomic E-state index is -4.57. The highest BCUT2D eigenvalue weighted by molar-refractivity contribution is 6.00. The molecule has 0 radical (unpaired) electrons. The van der Waals surface area contributed by atoms with Crippen LogP contribution >= 0.6 is 0 Å². The molecule has 0 aromatic heterocycles. The molecule has 1 aliphatic carbocycles. The number of amides is 1. The van der Waals surface area contributed by atoms with Crippen LogP contribution in [0.15, 0.2) is 18.2 Å². The predicted octanol–water partition coefficient (Wildman–Crippen LogP) is 2.91. The molecule has 1 aromatic carbocycles. The molecular formula is C14H18F3N3O. The Balaban J connectivity index is 2.28. The number of hydrazine groups is 1. The van der Waals surface area contributed by atoms with Crippen LogP contribution < -0.4 is 16.6 Å². The molecule has 2 unspecified atom stereocenters. The lowest BCUT2D eigenvalue weighted by molar-refractivity contribution is -0.137. The summed E-state index contributed by atoms with van der Waals surface area (Å²) in [5, 5.41) is 2.80. The van der Waals surface area contributed by atoms with Crippen molar-refractivity contribution in [3.05, 3.63) is 29.3 Å². The standard InChI is InChI=1S/C14H18F3N3O/c1-8-4-2-7-11(8)19-13(21)9-5-3-6-10(12(9)20-18)14(15,16)17/h3,5-6,8,11,20H,2,4,7,18H2,1H3,(H,19,21). The number of hydrogen-bond acceptors (Lipinski definition) is 3. The molecule has 7 heteroatoms. The topological polar surface area (TPSA) is 67.2 Å². The van der Waals surface area contributed by atoms with Crippen LogP contribution in [0.1, 0.15) is 42.1 Å². The van der Waals surface area contributed by atoms with Gasteiger partial charge in [0.05, 0.1) is 16.8 Å². The number of carbonyl (C=O) groups excluding carboxylic acids is 1. The summed E-state index contributed by atoms with van der Waals surface area (Å²) >= 11 is 0. The molecule has 1 amide bonds. The molecule has 2 rings (SSSR count). The number of halogens is 3. The van der Waals surface area contributed by atoms with Crippen molar-refractivity contribution in [1.29, 1.82) is 0 Å². The fourth-order valence-electron chi connectivity index (χ4n) is 2.74.